The van der Waals surface area contributed by atoms with E-state index < -0.39 is 5.92 Å². The Bertz CT molecular complexity index is 313. The second-order valence-corrected chi connectivity index (χ2v) is 6.49. The zero-order valence-electron chi connectivity index (χ0n) is 9.64. The van der Waals surface area contributed by atoms with Gasteiger partial charge in [0.2, 0.25) is 5.92 Å². The highest BCUT2D eigenvalue weighted by atomic mass is 19.3. The van der Waals surface area contributed by atoms with E-state index in [2.05, 4.69) is 0 Å². The molecule has 4 aliphatic carbocycles. The second kappa shape index (κ2) is 3.05. The van der Waals surface area contributed by atoms with Gasteiger partial charge in [-0.05, 0) is 50.4 Å². The maximum atomic E-state index is 13.2. The first-order valence-corrected chi connectivity index (χ1v) is 6.28. The van der Waals surface area contributed by atoms with Gasteiger partial charge in [0.1, 0.15) is 5.78 Å². The summed E-state index contributed by atoms with van der Waals surface area (Å²) in [5, 5.41) is 0. The number of Topliss-reactive ketones (excluding diaryl/α,β-unsaturated/α-hetero) is 1. The highest BCUT2D eigenvalue weighted by Gasteiger charge is 2.56. The Hall–Kier alpha value is -0.470. The summed E-state index contributed by atoms with van der Waals surface area (Å²) in [6.45, 7) is 1.02. The van der Waals surface area contributed by atoms with Crippen LogP contribution in [0.25, 0.3) is 0 Å². The van der Waals surface area contributed by atoms with Crippen LogP contribution >= 0.6 is 0 Å². The average molecular weight is 228 g/mol. The molecule has 2 atom stereocenters. The molecule has 0 aromatic rings. The molecule has 0 aliphatic heterocycles. The topological polar surface area (TPSA) is 17.1 Å². The number of hydrogen-bond donors (Lipinski definition) is 0. The molecule has 4 saturated carbocycles. The molecule has 16 heavy (non-hydrogen) atoms. The standard InChI is InChI=1S/C13H18F2O/c1-12(14,15)7-13-4-8-2-9(5-13)11(16)10(3-8)6-13/h8-10H,2-7H2,1H3. The summed E-state index contributed by atoms with van der Waals surface area (Å²) in [4.78, 5) is 11.9. The Morgan fingerprint density at radius 3 is 2.31 bits per heavy atom. The molecule has 4 bridgehead atoms. The van der Waals surface area contributed by atoms with Gasteiger partial charge in [-0.15, -0.1) is 0 Å². The third-order valence-electron chi connectivity index (χ3n) is 4.81. The fourth-order valence-corrected chi connectivity index (χ4v) is 4.78. The Kier molecular flexibility index (Phi) is 2.03. The van der Waals surface area contributed by atoms with E-state index in [-0.39, 0.29) is 23.7 Å². The molecule has 1 nitrogen and oxygen atoms in total. The third-order valence-corrected chi connectivity index (χ3v) is 4.81. The summed E-state index contributed by atoms with van der Waals surface area (Å²) in [5.74, 6) is -1.40. The average Bonchev–Trinajstić information content (AvgIpc) is 2.08. The number of ketones is 1. The number of halogens is 2. The molecule has 0 amide bonds. The van der Waals surface area contributed by atoms with Gasteiger partial charge in [0.15, 0.2) is 0 Å². The zero-order chi connectivity index (χ0) is 11.6. The number of rotatable bonds is 2. The fourth-order valence-electron chi connectivity index (χ4n) is 4.78. The smallest absolute Gasteiger partial charge is 0.245 e. The molecule has 0 spiro atoms. The van der Waals surface area contributed by atoms with Gasteiger partial charge in [-0.2, -0.15) is 0 Å². The van der Waals surface area contributed by atoms with E-state index >= 15 is 0 Å². The molecular formula is C13H18F2O. The molecule has 0 heterocycles. The summed E-state index contributed by atoms with van der Waals surface area (Å²) in [6.07, 6.45) is 4.37. The Morgan fingerprint density at radius 2 is 1.81 bits per heavy atom. The molecule has 2 unspecified atom stereocenters. The predicted molar refractivity (Wildman–Crippen MR) is 56.2 cm³/mol. The first kappa shape index (κ1) is 10.7. The van der Waals surface area contributed by atoms with Gasteiger partial charge in [-0.3, -0.25) is 4.79 Å². The summed E-state index contributed by atoms with van der Waals surface area (Å²) in [7, 11) is 0. The van der Waals surface area contributed by atoms with Crippen LogP contribution in [0, 0.1) is 23.2 Å². The Morgan fingerprint density at radius 1 is 1.25 bits per heavy atom. The third kappa shape index (κ3) is 1.59. The van der Waals surface area contributed by atoms with Crippen LogP contribution in [0.5, 0.6) is 0 Å². The zero-order valence-corrected chi connectivity index (χ0v) is 9.64. The van der Waals surface area contributed by atoms with E-state index in [0.717, 1.165) is 39.0 Å². The van der Waals surface area contributed by atoms with Crippen LogP contribution in [0.15, 0.2) is 0 Å². The fraction of sp³-hybridized carbons (Fsp3) is 0.923. The maximum Gasteiger partial charge on any atom is 0.245 e. The number of carbonyl (C=O) groups is 1. The molecule has 0 N–H and O–H groups in total. The van der Waals surface area contributed by atoms with Gasteiger partial charge < -0.3 is 0 Å². The lowest BCUT2D eigenvalue weighted by Crippen LogP contribution is -2.52. The van der Waals surface area contributed by atoms with Crippen molar-refractivity contribution in [2.75, 3.05) is 0 Å². The van der Waals surface area contributed by atoms with Gasteiger partial charge in [0.25, 0.3) is 0 Å². The quantitative estimate of drug-likeness (QED) is 0.707. The number of hydrogen-bond acceptors (Lipinski definition) is 1. The SMILES string of the molecule is CC(F)(F)CC12CC3CC(C1)C(=O)C(C3)C2. The number of alkyl halides is 2. The van der Waals surface area contributed by atoms with E-state index in [9.17, 15) is 13.6 Å². The highest BCUT2D eigenvalue weighted by Crippen LogP contribution is 2.61. The van der Waals surface area contributed by atoms with Crippen molar-refractivity contribution in [1.82, 2.24) is 0 Å². The predicted octanol–water partition coefficient (Wildman–Crippen LogP) is 3.43. The summed E-state index contributed by atoms with van der Waals surface area (Å²) >= 11 is 0. The second-order valence-electron chi connectivity index (χ2n) is 6.49. The monoisotopic (exact) mass is 228 g/mol. The van der Waals surface area contributed by atoms with Crippen molar-refractivity contribution >= 4 is 5.78 Å². The van der Waals surface area contributed by atoms with Crippen molar-refractivity contribution in [1.29, 1.82) is 0 Å². The van der Waals surface area contributed by atoms with Crippen molar-refractivity contribution in [3.8, 4) is 0 Å². The largest absolute Gasteiger partial charge is 0.299 e. The molecule has 3 heteroatoms. The van der Waals surface area contributed by atoms with Crippen LogP contribution in [-0.2, 0) is 4.79 Å². The van der Waals surface area contributed by atoms with E-state index in [1.165, 1.54) is 0 Å². The van der Waals surface area contributed by atoms with E-state index in [0.29, 0.717) is 11.7 Å². The van der Waals surface area contributed by atoms with Crippen molar-refractivity contribution in [3.05, 3.63) is 0 Å². The van der Waals surface area contributed by atoms with Gasteiger partial charge in [-0.1, -0.05) is 0 Å². The molecule has 4 rings (SSSR count). The summed E-state index contributed by atoms with van der Waals surface area (Å²) in [5.41, 5.74) is -0.206. The van der Waals surface area contributed by atoms with Crippen molar-refractivity contribution < 1.29 is 13.6 Å². The molecule has 0 radical (unpaired) electrons. The van der Waals surface area contributed by atoms with Crippen LogP contribution in [0.4, 0.5) is 8.78 Å². The van der Waals surface area contributed by atoms with Crippen molar-refractivity contribution in [2.24, 2.45) is 23.2 Å². The summed E-state index contributed by atoms with van der Waals surface area (Å²) < 4.78 is 26.5. The van der Waals surface area contributed by atoms with Crippen LogP contribution in [0.1, 0.15) is 45.4 Å². The molecule has 0 aromatic carbocycles. The van der Waals surface area contributed by atoms with Crippen LogP contribution in [0.3, 0.4) is 0 Å². The van der Waals surface area contributed by atoms with E-state index in [1.807, 2.05) is 0 Å². The minimum absolute atomic E-state index is 0.00319. The lowest BCUT2D eigenvalue weighted by Gasteiger charge is -2.56. The lowest BCUT2D eigenvalue weighted by atomic mass is 9.48. The van der Waals surface area contributed by atoms with Gasteiger partial charge in [0, 0.05) is 18.3 Å². The molecule has 90 valence electrons. The first-order chi connectivity index (χ1) is 7.37. The summed E-state index contributed by atoms with van der Waals surface area (Å²) in [6, 6.07) is 0. The molecule has 0 aromatic heterocycles. The van der Waals surface area contributed by atoms with Crippen molar-refractivity contribution in [2.45, 2.75) is 51.4 Å². The first-order valence-electron chi connectivity index (χ1n) is 6.28. The van der Waals surface area contributed by atoms with Gasteiger partial charge in [0.05, 0.1) is 0 Å². The molecular weight excluding hydrogens is 210 g/mol. The molecule has 0 saturated heterocycles. The van der Waals surface area contributed by atoms with Crippen LogP contribution in [0.2, 0.25) is 0 Å². The normalized spacial score (nSPS) is 46.4. The maximum absolute atomic E-state index is 13.2. The van der Waals surface area contributed by atoms with Crippen molar-refractivity contribution in [3.63, 3.8) is 0 Å². The van der Waals surface area contributed by atoms with Gasteiger partial charge in [-0.25, -0.2) is 8.78 Å². The Balaban J connectivity index is 1.86. The van der Waals surface area contributed by atoms with Gasteiger partial charge >= 0.3 is 0 Å². The van der Waals surface area contributed by atoms with Crippen LogP contribution in [-0.4, -0.2) is 11.7 Å². The molecule has 4 fully saturated rings. The minimum atomic E-state index is -2.57. The Labute approximate surface area is 94.6 Å². The minimum Gasteiger partial charge on any atom is -0.299 e. The van der Waals surface area contributed by atoms with E-state index in [1.54, 1.807) is 0 Å². The molecule has 4 aliphatic rings. The lowest BCUT2D eigenvalue weighted by molar-refractivity contribution is -0.155. The van der Waals surface area contributed by atoms with E-state index in [4.69, 9.17) is 0 Å². The van der Waals surface area contributed by atoms with Crippen LogP contribution < -0.4 is 0 Å². The highest BCUT2D eigenvalue weighted by molar-refractivity contribution is 5.85. The number of carbonyl (C=O) groups excluding carboxylic acids is 1.